The van der Waals surface area contributed by atoms with E-state index in [2.05, 4.69) is 21.2 Å². The molecule has 0 atom stereocenters. The molecule has 1 heterocycles. The highest BCUT2D eigenvalue weighted by Crippen LogP contribution is 2.55. The molecule has 1 aromatic heterocycles. The van der Waals surface area contributed by atoms with Gasteiger partial charge in [0.2, 0.25) is 0 Å². The lowest BCUT2D eigenvalue weighted by Crippen LogP contribution is -2.59. The molecule has 4 aliphatic carbocycles. The maximum absolute atomic E-state index is 12.4. The van der Waals surface area contributed by atoms with Gasteiger partial charge in [-0.25, -0.2) is 0 Å². The van der Waals surface area contributed by atoms with Gasteiger partial charge in [0.25, 0.3) is 5.91 Å². The van der Waals surface area contributed by atoms with Gasteiger partial charge in [0.1, 0.15) is 0 Å². The zero-order valence-electron chi connectivity index (χ0n) is 10.8. The third-order valence-corrected chi connectivity index (χ3v) is 6.84. The molecule has 4 bridgehead atoms. The van der Waals surface area contributed by atoms with Crippen LogP contribution in [0.1, 0.15) is 48.2 Å². The Morgan fingerprint density at radius 3 is 2.21 bits per heavy atom. The number of rotatable bonds is 2. The average Bonchev–Trinajstić information content (AvgIpc) is 2.73. The third-order valence-electron chi connectivity index (χ3n) is 5.21. The first-order chi connectivity index (χ1) is 9.12. The van der Waals surface area contributed by atoms with Gasteiger partial charge in [0.05, 0.1) is 8.66 Å². The Labute approximate surface area is 126 Å². The monoisotopic (exact) mass is 339 g/mol. The fourth-order valence-corrected chi connectivity index (χ4v) is 6.28. The van der Waals surface area contributed by atoms with Crippen molar-refractivity contribution in [2.24, 2.45) is 17.8 Å². The van der Waals surface area contributed by atoms with Crippen LogP contribution < -0.4 is 5.32 Å². The first-order valence-corrected chi connectivity index (χ1v) is 8.81. The van der Waals surface area contributed by atoms with E-state index < -0.39 is 0 Å². The highest BCUT2D eigenvalue weighted by Gasteiger charge is 2.51. The maximum atomic E-state index is 12.4. The summed E-state index contributed by atoms with van der Waals surface area (Å²) in [6.07, 6.45) is 7.91. The molecule has 1 N–H and O–H groups in total. The molecule has 4 fully saturated rings. The van der Waals surface area contributed by atoms with Crippen molar-refractivity contribution in [3.05, 3.63) is 20.8 Å². The molecule has 0 aromatic carbocycles. The molecule has 0 saturated heterocycles. The Morgan fingerprint density at radius 1 is 1.16 bits per heavy atom. The Morgan fingerprint density at radius 2 is 1.74 bits per heavy atom. The standard InChI is InChI=1S/C15H18BrNOS/c16-13-2-1-12(19-13)14(18)17-15-6-9-3-10(7-15)5-11(4-9)8-15/h1-2,9-11H,3-8H2,(H,17,18). The minimum Gasteiger partial charge on any atom is -0.346 e. The predicted octanol–water partition coefficient (Wildman–Crippen LogP) is 4.21. The van der Waals surface area contributed by atoms with Crippen LogP contribution in [0.25, 0.3) is 0 Å². The van der Waals surface area contributed by atoms with Crippen LogP contribution >= 0.6 is 27.3 Å². The van der Waals surface area contributed by atoms with Crippen LogP contribution in [0.15, 0.2) is 15.9 Å². The number of hydrogen-bond donors (Lipinski definition) is 1. The van der Waals surface area contributed by atoms with E-state index in [0.29, 0.717) is 0 Å². The minimum absolute atomic E-state index is 0.127. The first-order valence-electron chi connectivity index (χ1n) is 7.20. The number of thiophene rings is 1. The van der Waals surface area contributed by atoms with Gasteiger partial charge >= 0.3 is 0 Å². The maximum Gasteiger partial charge on any atom is 0.261 e. The second-order valence-electron chi connectivity index (χ2n) is 6.76. The zero-order valence-corrected chi connectivity index (χ0v) is 13.2. The van der Waals surface area contributed by atoms with Crippen LogP contribution in [0.2, 0.25) is 0 Å². The lowest BCUT2D eigenvalue weighted by molar-refractivity contribution is -0.0166. The molecule has 0 radical (unpaired) electrons. The van der Waals surface area contributed by atoms with Gasteiger partial charge in [-0.15, -0.1) is 11.3 Å². The molecule has 4 saturated carbocycles. The van der Waals surface area contributed by atoms with Crippen LogP contribution in [0.5, 0.6) is 0 Å². The summed E-state index contributed by atoms with van der Waals surface area (Å²) >= 11 is 4.96. The van der Waals surface area contributed by atoms with Gasteiger partial charge in [-0.05, 0) is 84.3 Å². The number of amides is 1. The predicted molar refractivity (Wildman–Crippen MR) is 80.4 cm³/mol. The number of nitrogens with one attached hydrogen (secondary N) is 1. The van der Waals surface area contributed by atoms with Crippen molar-refractivity contribution < 1.29 is 4.79 Å². The van der Waals surface area contributed by atoms with E-state index in [9.17, 15) is 4.79 Å². The van der Waals surface area contributed by atoms with Gasteiger partial charge in [-0.1, -0.05) is 0 Å². The highest BCUT2D eigenvalue weighted by molar-refractivity contribution is 9.11. The van der Waals surface area contributed by atoms with E-state index >= 15 is 0 Å². The zero-order chi connectivity index (χ0) is 13.0. The Balaban J connectivity index is 1.54. The van der Waals surface area contributed by atoms with Gasteiger partial charge in [0.15, 0.2) is 0 Å². The first kappa shape index (κ1) is 12.4. The molecular formula is C15H18BrNOS. The van der Waals surface area contributed by atoms with Crippen LogP contribution in [0.4, 0.5) is 0 Å². The lowest BCUT2D eigenvalue weighted by atomic mass is 9.53. The lowest BCUT2D eigenvalue weighted by Gasteiger charge is -2.56. The molecule has 4 aliphatic rings. The average molecular weight is 340 g/mol. The molecule has 0 spiro atoms. The summed E-state index contributed by atoms with van der Waals surface area (Å²) in [5.41, 5.74) is 0.127. The topological polar surface area (TPSA) is 29.1 Å². The molecular weight excluding hydrogens is 322 g/mol. The second-order valence-corrected chi connectivity index (χ2v) is 9.22. The summed E-state index contributed by atoms with van der Waals surface area (Å²) < 4.78 is 1.03. The minimum atomic E-state index is 0.127. The van der Waals surface area contributed by atoms with Crippen molar-refractivity contribution >= 4 is 33.2 Å². The SMILES string of the molecule is O=C(NC12CC3CC(CC(C3)C1)C2)c1ccc(Br)s1. The second kappa shape index (κ2) is 4.32. The summed E-state index contributed by atoms with van der Waals surface area (Å²) in [7, 11) is 0. The number of halogens is 1. The fourth-order valence-electron chi connectivity index (χ4n) is 5.00. The summed E-state index contributed by atoms with van der Waals surface area (Å²) in [6, 6.07) is 3.88. The molecule has 0 unspecified atom stereocenters. The van der Waals surface area contributed by atoms with Crippen LogP contribution in [0, 0.1) is 17.8 Å². The van der Waals surface area contributed by atoms with E-state index in [1.165, 1.54) is 49.9 Å². The van der Waals surface area contributed by atoms with Crippen LogP contribution in [0.3, 0.4) is 0 Å². The van der Waals surface area contributed by atoms with Crippen molar-refractivity contribution in [2.45, 2.75) is 44.1 Å². The van der Waals surface area contributed by atoms with E-state index in [4.69, 9.17) is 0 Å². The van der Waals surface area contributed by atoms with Gasteiger partial charge in [0, 0.05) is 5.54 Å². The summed E-state index contributed by atoms with van der Waals surface area (Å²) in [4.78, 5) is 13.3. The van der Waals surface area contributed by atoms with Crippen molar-refractivity contribution in [1.82, 2.24) is 5.32 Å². The van der Waals surface area contributed by atoms with Crippen LogP contribution in [-0.2, 0) is 0 Å². The molecule has 1 amide bonds. The van der Waals surface area contributed by atoms with E-state index in [1.54, 1.807) is 0 Å². The molecule has 4 heteroatoms. The van der Waals surface area contributed by atoms with Crippen molar-refractivity contribution in [3.63, 3.8) is 0 Å². The van der Waals surface area contributed by atoms with Crippen molar-refractivity contribution in [1.29, 1.82) is 0 Å². The number of carbonyl (C=O) groups is 1. The molecule has 2 nitrogen and oxygen atoms in total. The molecule has 1 aromatic rings. The number of hydrogen-bond acceptors (Lipinski definition) is 2. The Hall–Kier alpha value is -0.350. The summed E-state index contributed by atoms with van der Waals surface area (Å²) in [5, 5.41) is 3.40. The molecule has 19 heavy (non-hydrogen) atoms. The van der Waals surface area contributed by atoms with E-state index in [0.717, 1.165) is 26.4 Å². The molecule has 0 aliphatic heterocycles. The summed E-state index contributed by atoms with van der Waals surface area (Å²) in [5.74, 6) is 2.77. The quantitative estimate of drug-likeness (QED) is 0.859. The van der Waals surface area contributed by atoms with E-state index in [-0.39, 0.29) is 11.4 Å². The van der Waals surface area contributed by atoms with Gasteiger partial charge < -0.3 is 5.32 Å². The molecule has 5 rings (SSSR count). The van der Waals surface area contributed by atoms with Gasteiger partial charge in [-0.3, -0.25) is 4.79 Å². The number of carbonyl (C=O) groups excluding carboxylic acids is 1. The van der Waals surface area contributed by atoms with Gasteiger partial charge in [-0.2, -0.15) is 0 Å². The van der Waals surface area contributed by atoms with Crippen molar-refractivity contribution in [3.8, 4) is 0 Å². The third kappa shape index (κ3) is 2.17. The Bertz CT molecular complexity index is 489. The fraction of sp³-hybridized carbons (Fsp3) is 0.667. The highest BCUT2D eigenvalue weighted by atomic mass is 79.9. The van der Waals surface area contributed by atoms with Crippen LogP contribution in [-0.4, -0.2) is 11.4 Å². The summed E-state index contributed by atoms with van der Waals surface area (Å²) in [6.45, 7) is 0. The van der Waals surface area contributed by atoms with Crippen molar-refractivity contribution in [2.75, 3.05) is 0 Å². The largest absolute Gasteiger partial charge is 0.346 e. The smallest absolute Gasteiger partial charge is 0.261 e. The Kier molecular flexibility index (Phi) is 2.82. The molecule has 102 valence electrons. The van der Waals surface area contributed by atoms with E-state index in [1.807, 2.05) is 12.1 Å². The normalized spacial score (nSPS) is 39.5.